The summed E-state index contributed by atoms with van der Waals surface area (Å²) in [6.07, 6.45) is 3.56. The number of epoxide rings is 1. The summed E-state index contributed by atoms with van der Waals surface area (Å²) in [6.45, 7) is 1.05. The molecule has 0 spiro atoms. The molecule has 4 saturated carbocycles. The van der Waals surface area contributed by atoms with Gasteiger partial charge in [0.1, 0.15) is 11.7 Å². The Kier molecular flexibility index (Phi) is 3.75. The molecule has 1 heterocycles. The molecular formula is C15H19F2O7S-. The number of carbonyl (C=O) groups excluding carboxylic acids is 1. The normalized spacial score (nSPS) is 42.4. The highest BCUT2D eigenvalue weighted by Crippen LogP contribution is 2.60. The number of halogens is 2. The molecule has 5 rings (SSSR count). The maximum absolute atomic E-state index is 13.5. The molecule has 5 aliphatic rings. The third-order valence-electron chi connectivity index (χ3n) is 5.79. The van der Waals surface area contributed by atoms with Crippen molar-refractivity contribution < 1.29 is 40.8 Å². The van der Waals surface area contributed by atoms with Gasteiger partial charge in [0.05, 0.1) is 18.8 Å². The Morgan fingerprint density at radius 2 is 1.76 bits per heavy atom. The number of rotatable bonds is 6. The van der Waals surface area contributed by atoms with Crippen molar-refractivity contribution in [3.05, 3.63) is 0 Å². The lowest BCUT2D eigenvalue weighted by atomic mass is 9.52. The van der Waals surface area contributed by atoms with Crippen LogP contribution < -0.4 is 0 Å². The molecule has 0 aromatic rings. The largest absolute Gasteiger partial charge is 0.743 e. The van der Waals surface area contributed by atoms with Gasteiger partial charge in [-0.05, 0) is 43.9 Å². The Morgan fingerprint density at radius 3 is 2.28 bits per heavy atom. The number of ether oxygens (including phenoxy) is 3. The molecule has 0 aromatic carbocycles. The van der Waals surface area contributed by atoms with Crippen LogP contribution in [0.15, 0.2) is 0 Å². The van der Waals surface area contributed by atoms with Crippen molar-refractivity contribution in [3.8, 4) is 0 Å². The highest BCUT2D eigenvalue weighted by molar-refractivity contribution is 7.87. The number of carbonyl (C=O) groups is 1. The van der Waals surface area contributed by atoms with Gasteiger partial charge < -0.3 is 18.8 Å². The van der Waals surface area contributed by atoms with E-state index in [1.165, 1.54) is 0 Å². The summed E-state index contributed by atoms with van der Waals surface area (Å²) in [6, 6.07) is 0. The van der Waals surface area contributed by atoms with Gasteiger partial charge in [-0.25, -0.2) is 13.2 Å². The number of alkyl halides is 2. The van der Waals surface area contributed by atoms with E-state index in [0.717, 1.165) is 19.3 Å². The summed E-state index contributed by atoms with van der Waals surface area (Å²) in [5, 5.41) is -5.08. The molecule has 0 aromatic heterocycles. The second kappa shape index (κ2) is 5.34. The number of hydrogen-bond donors (Lipinski definition) is 0. The fourth-order valence-corrected chi connectivity index (χ4v) is 5.42. The molecular weight excluding hydrogens is 362 g/mol. The quantitative estimate of drug-likeness (QED) is 0.386. The minimum Gasteiger partial charge on any atom is -0.743 e. The molecule has 4 aliphatic carbocycles. The van der Waals surface area contributed by atoms with E-state index in [1.54, 1.807) is 0 Å². The minimum atomic E-state index is -6.12. The van der Waals surface area contributed by atoms with E-state index < -0.39 is 32.5 Å². The lowest BCUT2D eigenvalue weighted by molar-refractivity contribution is -0.241. The van der Waals surface area contributed by atoms with Crippen LogP contribution >= 0.6 is 0 Å². The zero-order chi connectivity index (χ0) is 18.1. The van der Waals surface area contributed by atoms with Crippen molar-refractivity contribution in [1.82, 2.24) is 0 Å². The molecule has 4 bridgehead atoms. The molecule has 0 radical (unpaired) electrons. The molecule has 1 aliphatic heterocycles. The number of esters is 1. The SMILES string of the molecule is O=C(OC12CC3CC(CC(OCC4CO4)(C3)C1)C2)C(F)(F)S(=O)(=O)[O-]. The Hall–Kier alpha value is -0.840. The van der Waals surface area contributed by atoms with Gasteiger partial charge in [-0.2, -0.15) is 8.78 Å². The van der Waals surface area contributed by atoms with Crippen LogP contribution in [0, 0.1) is 11.8 Å². The van der Waals surface area contributed by atoms with E-state index in [9.17, 15) is 26.5 Å². The molecule has 0 amide bonds. The molecule has 25 heavy (non-hydrogen) atoms. The topological polar surface area (TPSA) is 105 Å². The summed E-state index contributed by atoms with van der Waals surface area (Å²) in [5.74, 6) is -1.93. The average Bonchev–Trinajstić information content (AvgIpc) is 3.26. The predicted molar refractivity (Wildman–Crippen MR) is 76.6 cm³/mol. The van der Waals surface area contributed by atoms with E-state index in [4.69, 9.17) is 14.2 Å². The third-order valence-corrected chi connectivity index (χ3v) is 6.59. The van der Waals surface area contributed by atoms with Gasteiger partial charge in [-0.3, -0.25) is 0 Å². The van der Waals surface area contributed by atoms with E-state index in [0.29, 0.717) is 26.1 Å². The van der Waals surface area contributed by atoms with E-state index in [1.807, 2.05) is 0 Å². The maximum atomic E-state index is 13.5. The molecule has 3 atom stereocenters. The van der Waals surface area contributed by atoms with Gasteiger partial charge in [-0.15, -0.1) is 0 Å². The first-order valence-corrected chi connectivity index (χ1v) is 9.76. The van der Waals surface area contributed by atoms with Crippen molar-refractivity contribution in [2.75, 3.05) is 13.2 Å². The van der Waals surface area contributed by atoms with Crippen LogP contribution in [0.4, 0.5) is 8.78 Å². The van der Waals surface area contributed by atoms with Gasteiger partial charge >= 0.3 is 11.2 Å². The van der Waals surface area contributed by atoms with Gasteiger partial charge in [-0.1, -0.05) is 0 Å². The van der Waals surface area contributed by atoms with Crippen LogP contribution in [0.2, 0.25) is 0 Å². The molecule has 10 heteroatoms. The minimum absolute atomic E-state index is 0.0569. The summed E-state index contributed by atoms with van der Waals surface area (Å²) < 4.78 is 75.3. The molecule has 5 fully saturated rings. The zero-order valence-corrected chi connectivity index (χ0v) is 14.2. The van der Waals surface area contributed by atoms with Crippen molar-refractivity contribution in [2.24, 2.45) is 11.8 Å². The van der Waals surface area contributed by atoms with Crippen molar-refractivity contribution in [2.45, 2.75) is 61.1 Å². The van der Waals surface area contributed by atoms with Gasteiger partial charge in [0, 0.05) is 6.42 Å². The first kappa shape index (κ1) is 17.6. The van der Waals surface area contributed by atoms with E-state index >= 15 is 0 Å². The molecule has 7 nitrogen and oxygen atoms in total. The summed E-state index contributed by atoms with van der Waals surface area (Å²) >= 11 is 0. The van der Waals surface area contributed by atoms with Crippen LogP contribution in [-0.2, 0) is 29.1 Å². The maximum Gasteiger partial charge on any atom is 0.428 e. The van der Waals surface area contributed by atoms with Crippen LogP contribution in [0.5, 0.6) is 0 Å². The smallest absolute Gasteiger partial charge is 0.428 e. The van der Waals surface area contributed by atoms with Crippen LogP contribution in [0.3, 0.4) is 0 Å². The van der Waals surface area contributed by atoms with Gasteiger partial charge in [0.15, 0.2) is 10.1 Å². The highest BCUT2D eigenvalue weighted by atomic mass is 32.2. The van der Waals surface area contributed by atoms with E-state index in [-0.39, 0.29) is 24.4 Å². The third kappa shape index (κ3) is 3.07. The van der Waals surface area contributed by atoms with Crippen LogP contribution in [0.25, 0.3) is 0 Å². The Labute approximate surface area is 143 Å². The molecule has 1 saturated heterocycles. The van der Waals surface area contributed by atoms with E-state index in [2.05, 4.69) is 0 Å². The Balaban J connectivity index is 1.53. The fourth-order valence-electron chi connectivity index (χ4n) is 5.18. The average molecular weight is 381 g/mol. The molecule has 0 N–H and O–H groups in total. The standard InChI is InChI=1S/C15H20F2O7S/c16-15(17,25(19,20)21)12(18)24-14-4-9-1-10(5-14)3-13(2-9,8-14)23-7-11-6-22-11/h9-11H,1-8H2,(H,19,20,21)/p-1. The molecule has 3 unspecified atom stereocenters. The fraction of sp³-hybridized carbons (Fsp3) is 0.933. The lowest BCUT2D eigenvalue weighted by Gasteiger charge is -2.60. The predicted octanol–water partition coefficient (Wildman–Crippen LogP) is 1.17. The Morgan fingerprint density at radius 1 is 1.20 bits per heavy atom. The van der Waals surface area contributed by atoms with Crippen molar-refractivity contribution in [1.29, 1.82) is 0 Å². The Bertz CT molecular complexity index is 674. The van der Waals surface area contributed by atoms with Crippen LogP contribution in [-0.4, -0.2) is 54.7 Å². The summed E-state index contributed by atoms with van der Waals surface area (Å²) in [5.41, 5.74) is -1.73. The first-order chi connectivity index (χ1) is 11.5. The van der Waals surface area contributed by atoms with Crippen molar-refractivity contribution >= 4 is 16.1 Å². The molecule has 142 valence electrons. The monoisotopic (exact) mass is 381 g/mol. The highest BCUT2D eigenvalue weighted by Gasteiger charge is 2.62. The number of hydrogen-bond acceptors (Lipinski definition) is 7. The van der Waals surface area contributed by atoms with Crippen LogP contribution in [0.1, 0.15) is 38.5 Å². The van der Waals surface area contributed by atoms with Gasteiger partial charge in [0.25, 0.3) is 0 Å². The summed E-state index contributed by atoms with van der Waals surface area (Å²) in [4.78, 5) is 11.8. The van der Waals surface area contributed by atoms with Crippen molar-refractivity contribution in [3.63, 3.8) is 0 Å². The second-order valence-electron chi connectivity index (χ2n) is 7.95. The zero-order valence-electron chi connectivity index (χ0n) is 13.4. The lowest BCUT2D eigenvalue weighted by Crippen LogP contribution is -2.62. The second-order valence-corrected chi connectivity index (χ2v) is 9.37. The summed E-state index contributed by atoms with van der Waals surface area (Å²) in [7, 11) is -6.12. The van der Waals surface area contributed by atoms with Gasteiger partial charge in [0.2, 0.25) is 0 Å². The first-order valence-electron chi connectivity index (χ1n) is 8.35.